The Balaban J connectivity index is 6.97. The van der Waals surface area contributed by atoms with Crippen molar-refractivity contribution in [3.8, 4) is 0 Å². The third kappa shape index (κ3) is 4.26. The fraction of sp³-hybridized carbons (Fsp3) is 0.923. The number of halogens is 21. The van der Waals surface area contributed by atoms with Gasteiger partial charge < -0.3 is 5.11 Å². The van der Waals surface area contributed by atoms with E-state index in [0.29, 0.717) is 0 Å². The molecule has 0 spiro atoms. The van der Waals surface area contributed by atoms with Gasteiger partial charge in [-0.1, -0.05) is 0 Å². The van der Waals surface area contributed by atoms with Gasteiger partial charge in [0.2, 0.25) is 0 Å². The Bertz CT molecular complexity index is 822. The van der Waals surface area contributed by atoms with Crippen molar-refractivity contribution in [3.05, 3.63) is 0 Å². The summed E-state index contributed by atoms with van der Waals surface area (Å²) in [5.41, 5.74) is 0. The van der Waals surface area contributed by atoms with Gasteiger partial charge in [0.05, 0.1) is 6.42 Å². The average Bonchev–Trinajstić information content (AvgIpc) is 2.64. The van der Waals surface area contributed by atoms with Crippen LogP contribution in [0.2, 0.25) is 0 Å². The van der Waals surface area contributed by atoms with E-state index in [1.165, 1.54) is 0 Å². The predicted molar refractivity (Wildman–Crippen MR) is 67.4 cm³/mol. The number of alkyl halides is 21. The Kier molecular flexibility index (Phi) is 8.04. The fourth-order valence-corrected chi connectivity index (χ4v) is 2.01. The molecule has 0 aliphatic rings. The third-order valence-corrected chi connectivity index (χ3v) is 4.23. The van der Waals surface area contributed by atoms with Crippen molar-refractivity contribution in [3.63, 3.8) is 0 Å². The molecule has 0 rings (SSSR count). The number of hydrogen-bond donors (Lipinski definition) is 1. The molecule has 0 atom stereocenters. The summed E-state index contributed by atoms with van der Waals surface area (Å²) in [7, 11) is 0. The standard InChI is InChI=1S/C13H5F21O2/c14-4(15,2-1-3(35)36)5(16,17)6(18,19)7(20,21)8(22,23)9(24,25)10(26,27)11(28,29)12(30,31)13(32,33)34/h1-2H2,(H,35,36). The molecule has 216 valence electrons. The van der Waals surface area contributed by atoms with Gasteiger partial charge in [-0.05, 0) is 0 Å². The molecule has 0 heterocycles. The summed E-state index contributed by atoms with van der Waals surface area (Å²) in [5, 5.41) is 8.00. The van der Waals surface area contributed by atoms with Crippen LogP contribution in [0.5, 0.6) is 0 Å². The van der Waals surface area contributed by atoms with E-state index in [9.17, 15) is 97.0 Å². The summed E-state index contributed by atoms with van der Waals surface area (Å²) in [4.78, 5) is 10.0. The van der Waals surface area contributed by atoms with Gasteiger partial charge in [-0.2, -0.15) is 92.2 Å². The second kappa shape index (κ2) is 8.51. The van der Waals surface area contributed by atoms with E-state index < -0.39 is 78.3 Å². The van der Waals surface area contributed by atoms with Crippen LogP contribution in [0, 0.1) is 0 Å². The molecule has 0 saturated heterocycles. The lowest BCUT2D eigenvalue weighted by Gasteiger charge is -2.44. The van der Waals surface area contributed by atoms with Crippen molar-refractivity contribution in [2.45, 2.75) is 72.3 Å². The SMILES string of the molecule is O=C(O)CCC(F)(F)C(F)(F)C(F)(F)C(F)(F)C(F)(F)C(F)(F)C(F)(F)C(F)(F)C(F)(F)C(F)(F)F. The highest BCUT2D eigenvalue weighted by Crippen LogP contribution is 2.66. The minimum atomic E-state index is -9.22. The van der Waals surface area contributed by atoms with E-state index in [0.717, 1.165) is 0 Å². The Hall–Kier alpha value is -2.00. The number of aliphatic carboxylic acids is 1. The van der Waals surface area contributed by atoms with Crippen LogP contribution in [0.3, 0.4) is 0 Å². The molecule has 0 saturated carbocycles. The molecule has 0 amide bonds. The van der Waals surface area contributed by atoms with Crippen molar-refractivity contribution in [2.75, 3.05) is 0 Å². The molecular formula is C13H5F21O2. The van der Waals surface area contributed by atoms with Crippen molar-refractivity contribution in [2.24, 2.45) is 0 Å². The summed E-state index contributed by atoms with van der Waals surface area (Å²) in [6, 6.07) is 0. The van der Waals surface area contributed by atoms with Crippen molar-refractivity contribution in [1.29, 1.82) is 0 Å². The maximum atomic E-state index is 13.5. The lowest BCUT2D eigenvalue weighted by Crippen LogP contribution is -2.76. The van der Waals surface area contributed by atoms with Crippen LogP contribution in [-0.2, 0) is 4.79 Å². The Labute approximate surface area is 182 Å². The summed E-state index contributed by atoms with van der Waals surface area (Å²) < 4.78 is 274. The van der Waals surface area contributed by atoms with E-state index in [2.05, 4.69) is 0 Å². The van der Waals surface area contributed by atoms with Gasteiger partial charge in [0.25, 0.3) is 0 Å². The molecule has 0 aromatic carbocycles. The summed E-state index contributed by atoms with van der Waals surface area (Å²) in [6.45, 7) is 0. The normalized spacial score (nSPS) is 16.4. The van der Waals surface area contributed by atoms with E-state index >= 15 is 0 Å². The molecular weight excluding hydrogens is 587 g/mol. The maximum Gasteiger partial charge on any atom is 0.460 e. The molecule has 0 aromatic heterocycles. The zero-order valence-electron chi connectivity index (χ0n) is 15.7. The monoisotopic (exact) mass is 592 g/mol. The highest BCUT2D eigenvalue weighted by molar-refractivity contribution is 5.66. The quantitative estimate of drug-likeness (QED) is 0.260. The molecule has 0 aliphatic heterocycles. The second-order valence-corrected chi connectivity index (χ2v) is 6.69. The van der Waals surface area contributed by atoms with Crippen LogP contribution in [-0.4, -0.2) is 70.6 Å². The van der Waals surface area contributed by atoms with Crippen LogP contribution in [0.4, 0.5) is 92.2 Å². The Morgan fingerprint density at radius 3 is 0.861 bits per heavy atom. The number of carboxylic acids is 1. The van der Waals surface area contributed by atoms with Crippen LogP contribution >= 0.6 is 0 Å². The van der Waals surface area contributed by atoms with Gasteiger partial charge in [0.1, 0.15) is 0 Å². The second-order valence-electron chi connectivity index (χ2n) is 6.69. The van der Waals surface area contributed by atoms with E-state index in [1.54, 1.807) is 0 Å². The molecule has 0 radical (unpaired) electrons. The molecule has 2 nitrogen and oxygen atoms in total. The minimum Gasteiger partial charge on any atom is -0.481 e. The number of hydrogen-bond acceptors (Lipinski definition) is 1. The molecule has 0 aromatic rings. The van der Waals surface area contributed by atoms with Crippen LogP contribution < -0.4 is 0 Å². The highest BCUT2D eigenvalue weighted by atomic mass is 19.4. The largest absolute Gasteiger partial charge is 0.481 e. The Morgan fingerprint density at radius 2 is 0.639 bits per heavy atom. The average molecular weight is 592 g/mol. The lowest BCUT2D eigenvalue weighted by molar-refractivity contribution is -0.474. The number of carboxylic acid groups (broad SMARTS) is 1. The first-order valence-corrected chi connectivity index (χ1v) is 7.85. The van der Waals surface area contributed by atoms with Crippen molar-refractivity contribution in [1.82, 2.24) is 0 Å². The molecule has 0 aliphatic carbocycles. The molecule has 23 heteroatoms. The van der Waals surface area contributed by atoms with Crippen LogP contribution in [0.1, 0.15) is 12.8 Å². The predicted octanol–water partition coefficient (Wildman–Crippen LogP) is 7.13. The molecule has 36 heavy (non-hydrogen) atoms. The summed E-state index contributed by atoms with van der Waals surface area (Å²) in [5.74, 6) is -80.2. The first kappa shape index (κ1) is 34.0. The van der Waals surface area contributed by atoms with Gasteiger partial charge in [-0.3, -0.25) is 4.79 Å². The molecule has 1 N–H and O–H groups in total. The van der Waals surface area contributed by atoms with Gasteiger partial charge in [-0.15, -0.1) is 0 Å². The lowest BCUT2D eigenvalue weighted by atomic mass is 9.85. The topological polar surface area (TPSA) is 37.3 Å². The van der Waals surface area contributed by atoms with Gasteiger partial charge in [0.15, 0.2) is 0 Å². The summed E-state index contributed by atoms with van der Waals surface area (Å²) in [6.07, 6.45) is -13.5. The van der Waals surface area contributed by atoms with Gasteiger partial charge in [-0.25, -0.2) is 0 Å². The van der Waals surface area contributed by atoms with Crippen LogP contribution in [0.25, 0.3) is 0 Å². The maximum absolute atomic E-state index is 13.5. The van der Waals surface area contributed by atoms with E-state index in [-0.39, 0.29) is 0 Å². The van der Waals surface area contributed by atoms with E-state index in [1.807, 2.05) is 0 Å². The van der Waals surface area contributed by atoms with Gasteiger partial charge in [0, 0.05) is 6.42 Å². The van der Waals surface area contributed by atoms with Gasteiger partial charge >= 0.3 is 65.4 Å². The first-order chi connectivity index (χ1) is 15.2. The smallest absolute Gasteiger partial charge is 0.460 e. The first-order valence-electron chi connectivity index (χ1n) is 7.85. The zero-order valence-corrected chi connectivity index (χ0v) is 15.7. The Morgan fingerprint density at radius 1 is 0.417 bits per heavy atom. The van der Waals surface area contributed by atoms with Crippen molar-refractivity contribution < 1.29 is 102 Å². The number of rotatable bonds is 11. The molecule has 0 fully saturated rings. The van der Waals surface area contributed by atoms with Crippen LogP contribution in [0.15, 0.2) is 0 Å². The molecule has 0 bridgehead atoms. The zero-order chi connectivity index (χ0) is 30.0. The fourth-order valence-electron chi connectivity index (χ4n) is 2.01. The minimum absolute atomic E-state index is 2.34. The highest BCUT2D eigenvalue weighted by Gasteiger charge is 2.97. The van der Waals surface area contributed by atoms with E-state index in [4.69, 9.17) is 5.11 Å². The molecule has 0 unspecified atom stereocenters. The summed E-state index contributed by atoms with van der Waals surface area (Å²) >= 11 is 0. The van der Waals surface area contributed by atoms with Crippen molar-refractivity contribution >= 4 is 5.97 Å². The third-order valence-electron chi connectivity index (χ3n) is 4.23. The number of carbonyl (C=O) groups is 1.